The van der Waals surface area contributed by atoms with Crippen molar-refractivity contribution in [2.45, 2.75) is 72.1 Å². The monoisotopic (exact) mass is 440 g/mol. The highest BCUT2D eigenvalue weighted by Crippen LogP contribution is 2.25. The fourth-order valence-electron chi connectivity index (χ4n) is 3.07. The number of hydrogen-bond donors (Lipinski definition) is 0. The summed E-state index contributed by atoms with van der Waals surface area (Å²) in [4.78, 5) is 35.5. The number of benzene rings is 2. The minimum atomic E-state index is -0.316. The van der Waals surface area contributed by atoms with Gasteiger partial charge in [-0.3, -0.25) is 14.4 Å². The van der Waals surface area contributed by atoms with E-state index in [4.69, 9.17) is 14.2 Å². The average Bonchev–Trinajstić information content (AvgIpc) is 2.73. The summed E-state index contributed by atoms with van der Waals surface area (Å²) in [7, 11) is 0. The predicted octanol–water partition coefficient (Wildman–Crippen LogP) is 5.59. The summed E-state index contributed by atoms with van der Waals surface area (Å²) in [5, 5.41) is 0. The minimum Gasteiger partial charge on any atom is -0.427 e. The Balaban J connectivity index is 2.08. The Hall–Kier alpha value is -3.15. The molecule has 0 spiro atoms. The molecule has 172 valence electrons. The average molecular weight is 441 g/mol. The van der Waals surface area contributed by atoms with Crippen molar-refractivity contribution in [2.75, 3.05) is 0 Å². The first-order chi connectivity index (χ1) is 15.4. The van der Waals surface area contributed by atoms with Crippen LogP contribution >= 0.6 is 0 Å². The summed E-state index contributed by atoms with van der Waals surface area (Å²) in [5.41, 5.74) is 1.96. The van der Waals surface area contributed by atoms with Gasteiger partial charge in [0.1, 0.15) is 17.2 Å². The van der Waals surface area contributed by atoms with Gasteiger partial charge in [-0.25, -0.2) is 0 Å². The third kappa shape index (κ3) is 8.92. The molecule has 2 rings (SSSR count). The third-order valence-electron chi connectivity index (χ3n) is 4.62. The van der Waals surface area contributed by atoms with Crippen molar-refractivity contribution in [1.29, 1.82) is 0 Å². The van der Waals surface area contributed by atoms with Gasteiger partial charge in [0.2, 0.25) is 0 Å². The van der Waals surface area contributed by atoms with Crippen molar-refractivity contribution in [3.8, 4) is 17.2 Å². The Morgan fingerprint density at radius 3 is 1.41 bits per heavy atom. The maximum Gasteiger partial charge on any atom is 0.311 e. The van der Waals surface area contributed by atoms with Crippen molar-refractivity contribution < 1.29 is 28.6 Å². The zero-order valence-corrected chi connectivity index (χ0v) is 19.1. The summed E-state index contributed by atoms with van der Waals surface area (Å²) in [6, 6.07) is 12.6. The number of hydrogen-bond acceptors (Lipinski definition) is 6. The molecule has 0 radical (unpaired) electrons. The zero-order valence-electron chi connectivity index (χ0n) is 19.1. The highest BCUT2D eigenvalue weighted by molar-refractivity contribution is 5.74. The maximum atomic E-state index is 11.9. The van der Waals surface area contributed by atoms with Crippen LogP contribution in [-0.2, 0) is 27.2 Å². The van der Waals surface area contributed by atoms with Gasteiger partial charge < -0.3 is 14.2 Å². The molecule has 0 bridgehead atoms. The molecule has 2 aromatic carbocycles. The van der Waals surface area contributed by atoms with Crippen LogP contribution in [-0.4, -0.2) is 17.9 Å². The van der Waals surface area contributed by atoms with Crippen LogP contribution in [0.4, 0.5) is 0 Å². The van der Waals surface area contributed by atoms with E-state index < -0.39 is 0 Å². The normalized spacial score (nSPS) is 10.5. The van der Waals surface area contributed by atoms with E-state index in [-0.39, 0.29) is 17.9 Å². The highest BCUT2D eigenvalue weighted by Gasteiger charge is 2.11. The third-order valence-corrected chi connectivity index (χ3v) is 4.62. The lowest BCUT2D eigenvalue weighted by Gasteiger charge is -2.11. The van der Waals surface area contributed by atoms with E-state index in [1.54, 1.807) is 30.3 Å². The topological polar surface area (TPSA) is 78.9 Å². The maximum absolute atomic E-state index is 11.9. The van der Waals surface area contributed by atoms with Gasteiger partial charge >= 0.3 is 17.9 Å². The van der Waals surface area contributed by atoms with Gasteiger partial charge in [-0.1, -0.05) is 32.9 Å². The standard InChI is InChI=1S/C26H32O6/c1-4-7-24(27)30-21-14-12-19(13-15-21)10-11-20-16-22(31-25(28)8-5-2)18-23(17-20)32-26(29)9-6-3/h12-18H,4-11H2,1-3H3. The molecule has 2 aromatic rings. The quantitative estimate of drug-likeness (QED) is 0.316. The summed E-state index contributed by atoms with van der Waals surface area (Å²) >= 11 is 0. The number of carbonyl (C=O) groups excluding carboxylic acids is 3. The molecule has 0 heterocycles. The van der Waals surface area contributed by atoms with E-state index in [1.807, 2.05) is 32.9 Å². The molecule has 0 aromatic heterocycles. The summed E-state index contributed by atoms with van der Waals surface area (Å²) in [6.07, 6.45) is 4.56. The van der Waals surface area contributed by atoms with Crippen LogP contribution in [0.3, 0.4) is 0 Å². The van der Waals surface area contributed by atoms with Crippen LogP contribution in [0.15, 0.2) is 42.5 Å². The van der Waals surface area contributed by atoms with Crippen LogP contribution in [0.5, 0.6) is 17.2 Å². The van der Waals surface area contributed by atoms with E-state index >= 15 is 0 Å². The van der Waals surface area contributed by atoms with E-state index in [9.17, 15) is 14.4 Å². The fraction of sp³-hybridized carbons (Fsp3) is 0.423. The number of rotatable bonds is 12. The Labute approximate surface area is 189 Å². The zero-order chi connectivity index (χ0) is 23.3. The molecule has 0 amide bonds. The van der Waals surface area contributed by atoms with Crippen LogP contribution in [0.25, 0.3) is 0 Å². The Morgan fingerprint density at radius 1 is 0.562 bits per heavy atom. The van der Waals surface area contributed by atoms with Gasteiger partial charge in [0.25, 0.3) is 0 Å². The Bertz CT molecular complexity index is 863. The Morgan fingerprint density at radius 2 is 0.969 bits per heavy atom. The van der Waals surface area contributed by atoms with Crippen molar-refractivity contribution >= 4 is 17.9 Å². The first kappa shape index (κ1) is 25.1. The molecular formula is C26H32O6. The van der Waals surface area contributed by atoms with Gasteiger partial charge in [-0.05, 0) is 67.5 Å². The molecule has 0 aliphatic heterocycles. The van der Waals surface area contributed by atoms with Gasteiger partial charge in [0.05, 0.1) is 0 Å². The van der Waals surface area contributed by atoms with Crippen molar-refractivity contribution in [3.05, 3.63) is 53.6 Å². The van der Waals surface area contributed by atoms with Crippen molar-refractivity contribution in [3.63, 3.8) is 0 Å². The van der Waals surface area contributed by atoms with Crippen molar-refractivity contribution in [2.24, 2.45) is 0 Å². The summed E-state index contributed by atoms with van der Waals surface area (Å²) in [6.45, 7) is 5.75. The molecule has 0 saturated carbocycles. The molecular weight excluding hydrogens is 408 g/mol. The van der Waals surface area contributed by atoms with Crippen LogP contribution < -0.4 is 14.2 Å². The summed E-state index contributed by atoms with van der Waals surface area (Å²) < 4.78 is 16.1. The van der Waals surface area contributed by atoms with E-state index in [2.05, 4.69) is 0 Å². The van der Waals surface area contributed by atoms with Gasteiger partial charge in [0, 0.05) is 25.3 Å². The lowest BCUT2D eigenvalue weighted by molar-refractivity contribution is -0.135. The lowest BCUT2D eigenvalue weighted by Crippen LogP contribution is -2.10. The molecule has 0 fully saturated rings. The number of ether oxygens (including phenoxy) is 3. The second-order valence-electron chi connectivity index (χ2n) is 7.63. The first-order valence-corrected chi connectivity index (χ1v) is 11.3. The Kier molecular flexibility index (Phi) is 10.4. The van der Waals surface area contributed by atoms with Gasteiger partial charge in [0.15, 0.2) is 0 Å². The molecule has 32 heavy (non-hydrogen) atoms. The van der Waals surface area contributed by atoms with Gasteiger partial charge in [-0.2, -0.15) is 0 Å². The summed E-state index contributed by atoms with van der Waals surface area (Å²) in [5.74, 6) is 0.409. The molecule has 0 aliphatic carbocycles. The highest BCUT2D eigenvalue weighted by atomic mass is 16.5. The molecule has 0 unspecified atom stereocenters. The fourth-order valence-corrected chi connectivity index (χ4v) is 3.07. The molecule has 0 atom stereocenters. The number of esters is 3. The first-order valence-electron chi connectivity index (χ1n) is 11.3. The molecule has 6 heteroatoms. The molecule has 0 N–H and O–H groups in total. The van der Waals surface area contributed by atoms with Crippen molar-refractivity contribution in [1.82, 2.24) is 0 Å². The van der Waals surface area contributed by atoms with E-state index in [0.29, 0.717) is 55.8 Å². The predicted molar refractivity (Wildman–Crippen MR) is 122 cm³/mol. The molecule has 0 aliphatic rings. The second-order valence-corrected chi connectivity index (χ2v) is 7.63. The largest absolute Gasteiger partial charge is 0.427 e. The molecule has 6 nitrogen and oxygen atoms in total. The van der Waals surface area contributed by atoms with E-state index in [1.165, 1.54) is 0 Å². The molecule has 0 saturated heterocycles. The van der Waals surface area contributed by atoms with Crippen LogP contribution in [0.1, 0.15) is 70.4 Å². The number of aryl methyl sites for hydroxylation is 2. The lowest BCUT2D eigenvalue weighted by atomic mass is 10.0. The van der Waals surface area contributed by atoms with Gasteiger partial charge in [-0.15, -0.1) is 0 Å². The second kappa shape index (κ2) is 13.3. The van der Waals surface area contributed by atoms with Crippen LogP contribution in [0, 0.1) is 0 Å². The minimum absolute atomic E-state index is 0.236. The SMILES string of the molecule is CCCC(=O)Oc1ccc(CCc2cc(OC(=O)CCC)cc(OC(=O)CCC)c2)cc1. The van der Waals surface area contributed by atoms with Crippen LogP contribution in [0.2, 0.25) is 0 Å². The number of carbonyl (C=O) groups is 3. The smallest absolute Gasteiger partial charge is 0.311 e. The van der Waals surface area contributed by atoms with E-state index in [0.717, 1.165) is 24.0 Å².